The van der Waals surface area contributed by atoms with Gasteiger partial charge in [0.05, 0.1) is 30.3 Å². The zero-order valence-electron chi connectivity index (χ0n) is 17.8. The van der Waals surface area contributed by atoms with E-state index in [4.69, 9.17) is 4.74 Å². The molecule has 30 heavy (non-hydrogen) atoms. The number of hydrogen-bond donors (Lipinski definition) is 2. The molecular weight excluding hydrogens is 400 g/mol. The van der Waals surface area contributed by atoms with Crippen molar-refractivity contribution in [1.82, 2.24) is 25.1 Å². The first-order chi connectivity index (χ1) is 14.5. The predicted octanol–water partition coefficient (Wildman–Crippen LogP) is 3.59. The fraction of sp³-hybridized carbons (Fsp3) is 0.429. The lowest BCUT2D eigenvalue weighted by molar-refractivity contribution is 0.0948. The summed E-state index contributed by atoms with van der Waals surface area (Å²) in [7, 11) is 0. The van der Waals surface area contributed by atoms with Crippen LogP contribution >= 0.6 is 11.8 Å². The lowest BCUT2D eigenvalue weighted by Gasteiger charge is -2.12. The normalized spacial score (nSPS) is 11.1. The number of rotatable bonds is 10. The summed E-state index contributed by atoms with van der Waals surface area (Å²) in [6.07, 6.45) is 1.77. The van der Waals surface area contributed by atoms with Gasteiger partial charge in [-0.1, -0.05) is 30.8 Å². The third kappa shape index (κ3) is 5.21. The van der Waals surface area contributed by atoms with E-state index in [1.807, 2.05) is 19.1 Å². The van der Waals surface area contributed by atoms with Crippen LogP contribution < -0.4 is 15.4 Å². The lowest BCUT2D eigenvalue weighted by atomic mass is 10.2. The molecule has 160 valence electrons. The average molecular weight is 429 g/mol. The maximum atomic E-state index is 12.6. The van der Waals surface area contributed by atoms with E-state index in [0.29, 0.717) is 36.2 Å². The predicted molar refractivity (Wildman–Crippen MR) is 120 cm³/mol. The molecule has 0 atom stereocenters. The minimum atomic E-state index is -0.172. The number of thioether (sulfide) groups is 1. The summed E-state index contributed by atoms with van der Waals surface area (Å²) < 4.78 is 7.35. The summed E-state index contributed by atoms with van der Waals surface area (Å²) in [5.74, 6) is 2.08. The number of hydrogen-bond acceptors (Lipinski definition) is 7. The molecule has 8 nitrogen and oxygen atoms in total. The second-order valence-corrected chi connectivity index (χ2v) is 8.11. The molecule has 0 unspecified atom stereocenters. The Labute approximate surface area is 180 Å². The van der Waals surface area contributed by atoms with Crippen LogP contribution in [0.15, 0.2) is 35.6 Å². The van der Waals surface area contributed by atoms with E-state index in [0.717, 1.165) is 22.6 Å². The van der Waals surface area contributed by atoms with E-state index in [1.54, 1.807) is 34.8 Å². The first kappa shape index (κ1) is 21.9. The van der Waals surface area contributed by atoms with E-state index >= 15 is 0 Å². The topological polar surface area (TPSA) is 94.0 Å². The number of anilines is 1. The Kier molecular flexibility index (Phi) is 7.51. The van der Waals surface area contributed by atoms with Gasteiger partial charge in [-0.3, -0.25) is 4.79 Å². The van der Waals surface area contributed by atoms with Gasteiger partial charge in [0.25, 0.3) is 5.91 Å². The van der Waals surface area contributed by atoms with Crippen LogP contribution in [0, 0.1) is 0 Å². The first-order valence-electron chi connectivity index (χ1n) is 10.2. The average Bonchev–Trinajstić information content (AvgIpc) is 3.12. The number of aromatic nitrogens is 4. The van der Waals surface area contributed by atoms with Gasteiger partial charge in [0.2, 0.25) is 0 Å². The highest BCUT2D eigenvalue weighted by atomic mass is 32.2. The molecule has 3 aromatic rings. The van der Waals surface area contributed by atoms with Gasteiger partial charge in [0, 0.05) is 12.6 Å². The van der Waals surface area contributed by atoms with Crippen LogP contribution in [0.1, 0.15) is 38.1 Å². The number of amides is 1. The number of fused-ring (bicyclic) bond motifs is 1. The van der Waals surface area contributed by atoms with Gasteiger partial charge in [-0.2, -0.15) is 5.10 Å². The second kappa shape index (κ2) is 10.3. The summed E-state index contributed by atoms with van der Waals surface area (Å²) in [6, 6.07) is 7.48. The van der Waals surface area contributed by atoms with E-state index in [2.05, 4.69) is 46.5 Å². The Balaban J connectivity index is 1.75. The molecule has 0 saturated carbocycles. The molecular formula is C21H28N6O2S. The molecule has 1 aromatic carbocycles. The summed E-state index contributed by atoms with van der Waals surface area (Å²) in [4.78, 5) is 21.9. The van der Waals surface area contributed by atoms with Gasteiger partial charge in [-0.25, -0.2) is 14.6 Å². The number of benzene rings is 1. The van der Waals surface area contributed by atoms with Gasteiger partial charge in [0.15, 0.2) is 10.8 Å². The maximum absolute atomic E-state index is 12.6. The summed E-state index contributed by atoms with van der Waals surface area (Å²) in [5, 5.41) is 12.4. The number of carbonyl (C=O) groups excluding carboxylic acids is 1. The van der Waals surface area contributed by atoms with Crippen molar-refractivity contribution in [2.75, 3.05) is 24.2 Å². The monoisotopic (exact) mass is 428 g/mol. The molecule has 0 saturated heterocycles. The summed E-state index contributed by atoms with van der Waals surface area (Å²) >= 11 is 1.59. The molecule has 3 rings (SSSR count). The smallest absolute Gasteiger partial charge is 0.255 e. The molecule has 2 heterocycles. The maximum Gasteiger partial charge on any atom is 0.255 e. The zero-order valence-corrected chi connectivity index (χ0v) is 18.6. The van der Waals surface area contributed by atoms with E-state index in [9.17, 15) is 4.79 Å². The van der Waals surface area contributed by atoms with Crippen molar-refractivity contribution < 1.29 is 9.53 Å². The van der Waals surface area contributed by atoms with Crippen LogP contribution in [-0.2, 0) is 6.54 Å². The number of nitrogens with one attached hydrogen (secondary N) is 2. The van der Waals surface area contributed by atoms with E-state index in [1.165, 1.54) is 0 Å². The van der Waals surface area contributed by atoms with Crippen molar-refractivity contribution in [2.24, 2.45) is 0 Å². The van der Waals surface area contributed by atoms with Crippen LogP contribution in [0.25, 0.3) is 11.0 Å². The van der Waals surface area contributed by atoms with Crippen molar-refractivity contribution in [3.63, 3.8) is 0 Å². The Hall–Kier alpha value is -2.81. The molecule has 0 aliphatic heterocycles. The molecule has 2 N–H and O–H groups in total. The zero-order chi connectivity index (χ0) is 21.5. The molecule has 0 fully saturated rings. The minimum absolute atomic E-state index is 0.172. The highest BCUT2D eigenvalue weighted by Gasteiger charge is 2.15. The quantitative estimate of drug-likeness (QED) is 0.376. The standard InChI is InChI=1S/C21H28N6O2S/c1-5-29-17-10-8-7-9-15(17)20(28)22-11-12-27-19-16(13-23-27)18(24-14(3)4)25-21(26-19)30-6-2/h7-10,13-14H,5-6,11-12H2,1-4H3,(H,22,28)(H,24,25,26). The van der Waals surface area contributed by atoms with Crippen molar-refractivity contribution in [3.8, 4) is 5.75 Å². The first-order valence-corrected chi connectivity index (χ1v) is 11.1. The van der Waals surface area contributed by atoms with Crippen molar-refractivity contribution in [1.29, 1.82) is 0 Å². The van der Waals surface area contributed by atoms with Crippen LogP contribution in [0.5, 0.6) is 5.75 Å². The van der Waals surface area contributed by atoms with Crippen molar-refractivity contribution in [3.05, 3.63) is 36.0 Å². The van der Waals surface area contributed by atoms with Crippen LogP contribution in [0.3, 0.4) is 0 Å². The molecule has 9 heteroatoms. The molecule has 0 bridgehead atoms. The number of ether oxygens (including phenoxy) is 1. The molecule has 0 radical (unpaired) electrons. The fourth-order valence-electron chi connectivity index (χ4n) is 2.98. The molecule has 0 aliphatic carbocycles. The Bertz CT molecular complexity index is 1000. The lowest BCUT2D eigenvalue weighted by Crippen LogP contribution is -2.28. The Morgan fingerprint density at radius 1 is 1.23 bits per heavy atom. The summed E-state index contributed by atoms with van der Waals surface area (Å²) in [5.41, 5.74) is 1.28. The fourth-order valence-corrected chi connectivity index (χ4v) is 3.55. The minimum Gasteiger partial charge on any atom is -0.493 e. The molecule has 2 aromatic heterocycles. The number of carbonyl (C=O) groups is 1. The number of nitrogens with zero attached hydrogens (tertiary/aromatic N) is 4. The van der Waals surface area contributed by atoms with Gasteiger partial charge < -0.3 is 15.4 Å². The number of para-hydroxylation sites is 1. The van der Waals surface area contributed by atoms with Gasteiger partial charge in [-0.05, 0) is 38.7 Å². The Morgan fingerprint density at radius 3 is 2.77 bits per heavy atom. The van der Waals surface area contributed by atoms with E-state index < -0.39 is 0 Å². The molecule has 0 aliphatic rings. The van der Waals surface area contributed by atoms with E-state index in [-0.39, 0.29) is 11.9 Å². The third-order valence-corrected chi connectivity index (χ3v) is 4.94. The van der Waals surface area contributed by atoms with Gasteiger partial charge in [0.1, 0.15) is 11.6 Å². The van der Waals surface area contributed by atoms with Gasteiger partial charge in [-0.15, -0.1) is 0 Å². The SMILES string of the molecule is CCOc1ccccc1C(=O)NCCn1ncc2c(NC(C)C)nc(SCC)nc21. The molecule has 1 amide bonds. The Morgan fingerprint density at radius 2 is 2.03 bits per heavy atom. The highest BCUT2D eigenvalue weighted by Crippen LogP contribution is 2.25. The molecule has 0 spiro atoms. The van der Waals surface area contributed by atoms with Crippen molar-refractivity contribution >= 4 is 34.5 Å². The highest BCUT2D eigenvalue weighted by molar-refractivity contribution is 7.99. The van der Waals surface area contributed by atoms with Crippen molar-refractivity contribution in [2.45, 2.75) is 45.4 Å². The van der Waals surface area contributed by atoms with Crippen LogP contribution in [0.4, 0.5) is 5.82 Å². The van der Waals surface area contributed by atoms with Gasteiger partial charge >= 0.3 is 0 Å². The summed E-state index contributed by atoms with van der Waals surface area (Å²) in [6.45, 7) is 9.53. The largest absolute Gasteiger partial charge is 0.493 e. The van der Waals surface area contributed by atoms with Crippen LogP contribution in [-0.4, -0.2) is 50.6 Å². The second-order valence-electron chi connectivity index (χ2n) is 6.88. The third-order valence-electron chi connectivity index (χ3n) is 4.22. The van der Waals surface area contributed by atoms with Crippen LogP contribution in [0.2, 0.25) is 0 Å².